The van der Waals surface area contributed by atoms with Crippen molar-refractivity contribution in [1.82, 2.24) is 9.61 Å². The van der Waals surface area contributed by atoms with Crippen molar-refractivity contribution in [1.29, 1.82) is 0 Å². The molecule has 0 aromatic carbocycles. The number of hydrogen-bond donors (Lipinski definition) is 0. The third-order valence-electron chi connectivity index (χ3n) is 2.21. The number of hydrogen-bond acceptors (Lipinski definition) is 3. The highest BCUT2D eigenvalue weighted by molar-refractivity contribution is 9.10. The summed E-state index contributed by atoms with van der Waals surface area (Å²) >= 11 is 3.45. The van der Waals surface area contributed by atoms with Crippen molar-refractivity contribution in [3.05, 3.63) is 40.6 Å². The van der Waals surface area contributed by atoms with Crippen LogP contribution in [0.1, 0.15) is 12.5 Å². The summed E-state index contributed by atoms with van der Waals surface area (Å²) in [5.74, 6) is -0.348. The van der Waals surface area contributed by atoms with Crippen LogP contribution in [0.25, 0.3) is 11.6 Å². The zero-order valence-electron chi connectivity index (χ0n) is 9.26. The van der Waals surface area contributed by atoms with Gasteiger partial charge < -0.3 is 4.74 Å². The minimum absolute atomic E-state index is 0.348. The van der Waals surface area contributed by atoms with Gasteiger partial charge in [0, 0.05) is 22.3 Å². The van der Waals surface area contributed by atoms with Gasteiger partial charge in [0.25, 0.3) is 0 Å². The van der Waals surface area contributed by atoms with Crippen LogP contribution in [0.2, 0.25) is 0 Å². The van der Waals surface area contributed by atoms with Crippen LogP contribution in [0.15, 0.2) is 35.1 Å². The fourth-order valence-corrected chi connectivity index (χ4v) is 2.06. The van der Waals surface area contributed by atoms with Gasteiger partial charge in [-0.2, -0.15) is 5.10 Å². The van der Waals surface area contributed by atoms with Gasteiger partial charge in [-0.3, -0.25) is 0 Å². The molecule has 2 heterocycles. The van der Waals surface area contributed by atoms with E-state index in [0.717, 1.165) is 15.6 Å². The Morgan fingerprint density at radius 1 is 1.65 bits per heavy atom. The molecular formula is C12H11BrN2O2. The van der Waals surface area contributed by atoms with E-state index < -0.39 is 0 Å². The van der Waals surface area contributed by atoms with E-state index in [0.29, 0.717) is 6.61 Å². The van der Waals surface area contributed by atoms with E-state index in [4.69, 9.17) is 4.74 Å². The number of esters is 1. The minimum atomic E-state index is -0.348. The third-order valence-corrected chi connectivity index (χ3v) is 2.85. The number of aromatic nitrogens is 2. The van der Waals surface area contributed by atoms with Gasteiger partial charge in [0.2, 0.25) is 0 Å². The molecule has 0 saturated heterocycles. The molecule has 2 rings (SSSR count). The maximum Gasteiger partial charge on any atom is 0.330 e. The Bertz CT molecular complexity index is 575. The minimum Gasteiger partial charge on any atom is -0.463 e. The highest BCUT2D eigenvalue weighted by Gasteiger charge is 2.05. The van der Waals surface area contributed by atoms with E-state index in [1.165, 1.54) is 6.08 Å². The highest BCUT2D eigenvalue weighted by Crippen LogP contribution is 2.22. The van der Waals surface area contributed by atoms with Gasteiger partial charge in [-0.05, 0) is 41.1 Å². The van der Waals surface area contributed by atoms with E-state index in [1.54, 1.807) is 23.7 Å². The Hall–Kier alpha value is -1.62. The largest absolute Gasteiger partial charge is 0.463 e. The van der Waals surface area contributed by atoms with Crippen LogP contribution in [0.4, 0.5) is 0 Å². The normalized spacial score (nSPS) is 11.2. The zero-order valence-corrected chi connectivity index (χ0v) is 10.8. The molecule has 0 aliphatic carbocycles. The molecule has 0 fully saturated rings. The fourth-order valence-electron chi connectivity index (χ4n) is 1.49. The SMILES string of the molecule is CCOC(=O)/C=C/c1cnn2cccc(Br)c12. The topological polar surface area (TPSA) is 43.6 Å². The summed E-state index contributed by atoms with van der Waals surface area (Å²) in [5, 5.41) is 4.19. The van der Waals surface area contributed by atoms with Crippen LogP contribution in [-0.2, 0) is 9.53 Å². The quantitative estimate of drug-likeness (QED) is 0.646. The number of nitrogens with zero attached hydrogens (tertiary/aromatic N) is 2. The predicted molar refractivity (Wildman–Crippen MR) is 68.6 cm³/mol. The van der Waals surface area contributed by atoms with Gasteiger partial charge in [0.1, 0.15) is 0 Å². The number of carbonyl (C=O) groups excluding carboxylic acids is 1. The van der Waals surface area contributed by atoms with Gasteiger partial charge in [0.15, 0.2) is 0 Å². The summed E-state index contributed by atoms with van der Waals surface area (Å²) in [5.41, 5.74) is 1.79. The number of pyridine rings is 1. The molecule has 0 atom stereocenters. The number of fused-ring (bicyclic) bond motifs is 1. The third kappa shape index (κ3) is 2.55. The molecule has 0 N–H and O–H groups in total. The average Bonchev–Trinajstić information content (AvgIpc) is 2.71. The molecule has 0 unspecified atom stereocenters. The zero-order chi connectivity index (χ0) is 12.3. The van der Waals surface area contributed by atoms with Crippen LogP contribution in [-0.4, -0.2) is 22.2 Å². The van der Waals surface area contributed by atoms with Crippen LogP contribution in [0.3, 0.4) is 0 Å². The molecule has 0 aliphatic rings. The molecule has 0 radical (unpaired) electrons. The molecule has 4 nitrogen and oxygen atoms in total. The summed E-state index contributed by atoms with van der Waals surface area (Å²) in [6, 6.07) is 3.82. The molecule has 0 spiro atoms. The molecule has 17 heavy (non-hydrogen) atoms. The molecule has 88 valence electrons. The molecule has 0 amide bonds. The lowest BCUT2D eigenvalue weighted by molar-refractivity contribution is -0.137. The van der Waals surface area contributed by atoms with E-state index in [2.05, 4.69) is 21.0 Å². The Kier molecular flexibility index (Phi) is 3.58. The standard InChI is InChI=1S/C12H11BrN2O2/c1-2-17-11(16)6-5-9-8-14-15-7-3-4-10(13)12(9)15/h3-8H,2H2,1H3/b6-5+. The monoisotopic (exact) mass is 294 g/mol. The number of rotatable bonds is 3. The first-order chi connectivity index (χ1) is 8.22. The first kappa shape index (κ1) is 11.9. The van der Waals surface area contributed by atoms with Crippen LogP contribution < -0.4 is 0 Å². The van der Waals surface area contributed by atoms with Crippen LogP contribution >= 0.6 is 15.9 Å². The lowest BCUT2D eigenvalue weighted by Gasteiger charge is -1.97. The summed E-state index contributed by atoms with van der Waals surface area (Å²) < 4.78 is 7.49. The Balaban J connectivity index is 2.34. The van der Waals surface area contributed by atoms with Crippen molar-refractivity contribution in [2.24, 2.45) is 0 Å². The second-order valence-electron chi connectivity index (χ2n) is 3.33. The van der Waals surface area contributed by atoms with E-state index in [-0.39, 0.29) is 5.97 Å². The summed E-state index contributed by atoms with van der Waals surface area (Å²) in [4.78, 5) is 11.2. The predicted octanol–water partition coefficient (Wildman–Crippen LogP) is 2.67. The first-order valence-electron chi connectivity index (χ1n) is 5.19. The molecule has 2 aromatic heterocycles. The van der Waals surface area contributed by atoms with Crippen LogP contribution in [0.5, 0.6) is 0 Å². The second kappa shape index (κ2) is 5.14. The molecule has 0 saturated carbocycles. The molecule has 5 heteroatoms. The Labute approximate surface area is 107 Å². The summed E-state index contributed by atoms with van der Waals surface area (Å²) in [6.45, 7) is 2.15. The van der Waals surface area contributed by atoms with Crippen molar-refractivity contribution in [2.45, 2.75) is 6.92 Å². The first-order valence-corrected chi connectivity index (χ1v) is 5.98. The molecule has 0 bridgehead atoms. The van der Waals surface area contributed by atoms with Crippen molar-refractivity contribution in [3.8, 4) is 0 Å². The fraction of sp³-hybridized carbons (Fsp3) is 0.167. The molecule has 0 aliphatic heterocycles. The lowest BCUT2D eigenvalue weighted by Crippen LogP contribution is -1.98. The lowest BCUT2D eigenvalue weighted by atomic mass is 10.2. The van der Waals surface area contributed by atoms with Gasteiger partial charge in [0.05, 0.1) is 18.3 Å². The van der Waals surface area contributed by atoms with Gasteiger partial charge in [-0.1, -0.05) is 0 Å². The number of halogens is 1. The van der Waals surface area contributed by atoms with Crippen molar-refractivity contribution >= 4 is 33.5 Å². The second-order valence-corrected chi connectivity index (χ2v) is 4.19. The van der Waals surface area contributed by atoms with E-state index >= 15 is 0 Å². The van der Waals surface area contributed by atoms with Crippen molar-refractivity contribution in [3.63, 3.8) is 0 Å². The summed E-state index contributed by atoms with van der Waals surface area (Å²) in [7, 11) is 0. The average molecular weight is 295 g/mol. The molecular weight excluding hydrogens is 284 g/mol. The summed E-state index contributed by atoms with van der Waals surface area (Å²) in [6.07, 6.45) is 6.66. The highest BCUT2D eigenvalue weighted by atomic mass is 79.9. The van der Waals surface area contributed by atoms with E-state index in [9.17, 15) is 4.79 Å². The van der Waals surface area contributed by atoms with Gasteiger partial charge in [-0.25, -0.2) is 9.31 Å². The number of carbonyl (C=O) groups is 1. The van der Waals surface area contributed by atoms with Gasteiger partial charge >= 0.3 is 5.97 Å². The number of ether oxygens (including phenoxy) is 1. The van der Waals surface area contributed by atoms with Crippen LogP contribution in [0, 0.1) is 0 Å². The Morgan fingerprint density at radius 2 is 2.47 bits per heavy atom. The van der Waals surface area contributed by atoms with Crippen molar-refractivity contribution < 1.29 is 9.53 Å². The van der Waals surface area contributed by atoms with E-state index in [1.807, 2.05) is 18.3 Å². The maximum atomic E-state index is 11.2. The van der Waals surface area contributed by atoms with Crippen molar-refractivity contribution in [2.75, 3.05) is 6.61 Å². The van der Waals surface area contributed by atoms with Gasteiger partial charge in [-0.15, -0.1) is 0 Å². The molecule has 2 aromatic rings. The Morgan fingerprint density at radius 3 is 3.24 bits per heavy atom. The smallest absolute Gasteiger partial charge is 0.330 e. The maximum absolute atomic E-state index is 11.2.